The highest BCUT2D eigenvalue weighted by atomic mass is 32.2. The van der Waals surface area contributed by atoms with Crippen molar-refractivity contribution in [3.05, 3.63) is 76.3 Å². The average molecular weight is 398 g/mol. The van der Waals surface area contributed by atoms with Gasteiger partial charge < -0.3 is 5.32 Å². The SMILES string of the molecule is CS(=O)(=O)c1ccc(-c2cccc(NC(=O)c3ccc([N+](=O)[O-])cc3)c2)nn1. The molecule has 1 N–H and O–H groups in total. The Balaban J connectivity index is 1.79. The van der Waals surface area contributed by atoms with Crippen molar-refractivity contribution in [2.75, 3.05) is 11.6 Å². The Morgan fingerprint density at radius 1 is 1.04 bits per heavy atom. The number of non-ortho nitro benzene ring substituents is 1. The van der Waals surface area contributed by atoms with Crippen LogP contribution in [0.4, 0.5) is 11.4 Å². The monoisotopic (exact) mass is 398 g/mol. The van der Waals surface area contributed by atoms with Gasteiger partial charge in [0.1, 0.15) is 0 Å². The topological polar surface area (TPSA) is 132 Å². The van der Waals surface area contributed by atoms with Crippen molar-refractivity contribution >= 4 is 27.1 Å². The summed E-state index contributed by atoms with van der Waals surface area (Å²) in [5, 5.41) is 20.9. The minimum atomic E-state index is -3.44. The summed E-state index contributed by atoms with van der Waals surface area (Å²) in [6.45, 7) is 0. The summed E-state index contributed by atoms with van der Waals surface area (Å²) in [7, 11) is -3.44. The highest BCUT2D eigenvalue weighted by Crippen LogP contribution is 2.22. The van der Waals surface area contributed by atoms with Crippen LogP contribution in [0.25, 0.3) is 11.3 Å². The van der Waals surface area contributed by atoms with Crippen LogP contribution in [0.5, 0.6) is 0 Å². The molecule has 3 aromatic rings. The number of hydrogen-bond acceptors (Lipinski definition) is 7. The fourth-order valence-corrected chi connectivity index (χ4v) is 2.87. The summed E-state index contributed by atoms with van der Waals surface area (Å²) in [6, 6.07) is 14.9. The molecule has 1 amide bonds. The quantitative estimate of drug-likeness (QED) is 0.516. The predicted molar refractivity (Wildman–Crippen MR) is 102 cm³/mol. The fraction of sp³-hybridized carbons (Fsp3) is 0.0556. The number of hydrogen-bond donors (Lipinski definition) is 1. The lowest BCUT2D eigenvalue weighted by Gasteiger charge is -2.07. The largest absolute Gasteiger partial charge is 0.322 e. The third-order valence-electron chi connectivity index (χ3n) is 3.78. The van der Waals surface area contributed by atoms with Crippen LogP contribution in [-0.4, -0.2) is 35.7 Å². The van der Waals surface area contributed by atoms with Gasteiger partial charge in [-0.3, -0.25) is 14.9 Å². The third kappa shape index (κ3) is 4.35. The van der Waals surface area contributed by atoms with Crippen LogP contribution in [0, 0.1) is 10.1 Å². The second-order valence-corrected chi connectivity index (χ2v) is 7.83. The van der Waals surface area contributed by atoms with Crippen molar-refractivity contribution in [1.29, 1.82) is 0 Å². The molecule has 3 rings (SSSR count). The number of nitrogens with one attached hydrogen (secondary N) is 1. The van der Waals surface area contributed by atoms with Crippen LogP contribution in [0.15, 0.2) is 65.7 Å². The number of rotatable bonds is 5. The first kappa shape index (κ1) is 19.1. The van der Waals surface area contributed by atoms with E-state index in [0.29, 0.717) is 16.9 Å². The summed E-state index contributed by atoms with van der Waals surface area (Å²) in [4.78, 5) is 22.5. The lowest BCUT2D eigenvalue weighted by molar-refractivity contribution is -0.384. The van der Waals surface area contributed by atoms with Gasteiger partial charge in [0.25, 0.3) is 11.6 Å². The summed E-state index contributed by atoms with van der Waals surface area (Å²) >= 11 is 0. The van der Waals surface area contributed by atoms with Crippen molar-refractivity contribution in [1.82, 2.24) is 10.2 Å². The normalized spacial score (nSPS) is 11.0. The Bertz CT molecular complexity index is 1140. The molecule has 0 fully saturated rings. The second kappa shape index (κ2) is 7.53. The van der Waals surface area contributed by atoms with Crippen LogP contribution in [-0.2, 0) is 9.84 Å². The molecule has 28 heavy (non-hydrogen) atoms. The molecule has 0 atom stereocenters. The Morgan fingerprint density at radius 2 is 1.75 bits per heavy atom. The average Bonchev–Trinajstić information content (AvgIpc) is 2.67. The zero-order valence-corrected chi connectivity index (χ0v) is 15.4. The molecule has 0 bridgehead atoms. The second-order valence-electron chi connectivity index (χ2n) is 5.87. The van der Waals surface area contributed by atoms with Gasteiger partial charge >= 0.3 is 0 Å². The summed E-state index contributed by atoms with van der Waals surface area (Å²) in [6.07, 6.45) is 1.05. The molecule has 0 radical (unpaired) electrons. The zero-order chi connectivity index (χ0) is 20.3. The number of amides is 1. The molecule has 0 saturated heterocycles. The lowest BCUT2D eigenvalue weighted by atomic mass is 10.1. The smallest absolute Gasteiger partial charge is 0.269 e. The Labute approximate surface area is 160 Å². The molecule has 0 saturated carbocycles. The van der Waals surface area contributed by atoms with Crippen LogP contribution in [0.1, 0.15) is 10.4 Å². The summed E-state index contributed by atoms with van der Waals surface area (Å²) < 4.78 is 22.9. The van der Waals surface area contributed by atoms with Gasteiger partial charge in [0.2, 0.25) is 0 Å². The maximum absolute atomic E-state index is 12.3. The summed E-state index contributed by atoms with van der Waals surface area (Å²) in [5.74, 6) is -0.425. The molecule has 1 aromatic heterocycles. The van der Waals surface area contributed by atoms with Gasteiger partial charge in [-0.2, -0.15) is 0 Å². The molecule has 0 spiro atoms. The lowest BCUT2D eigenvalue weighted by Crippen LogP contribution is -2.11. The van der Waals surface area contributed by atoms with Crippen molar-refractivity contribution < 1.29 is 18.1 Å². The fourth-order valence-electron chi connectivity index (χ4n) is 2.37. The Kier molecular flexibility index (Phi) is 5.14. The molecule has 0 aliphatic carbocycles. The van der Waals surface area contributed by atoms with Crippen LogP contribution in [0.2, 0.25) is 0 Å². The first-order chi connectivity index (χ1) is 13.2. The van der Waals surface area contributed by atoms with E-state index in [1.807, 2.05) is 0 Å². The van der Waals surface area contributed by atoms with E-state index in [-0.39, 0.29) is 16.3 Å². The van der Waals surface area contributed by atoms with E-state index in [4.69, 9.17) is 0 Å². The van der Waals surface area contributed by atoms with Gasteiger partial charge in [0, 0.05) is 35.2 Å². The van der Waals surface area contributed by atoms with E-state index < -0.39 is 20.7 Å². The van der Waals surface area contributed by atoms with E-state index in [1.165, 1.54) is 36.4 Å². The maximum Gasteiger partial charge on any atom is 0.269 e. The van der Waals surface area contributed by atoms with E-state index in [1.54, 1.807) is 24.3 Å². The molecule has 0 unspecified atom stereocenters. The van der Waals surface area contributed by atoms with Crippen molar-refractivity contribution in [2.45, 2.75) is 5.03 Å². The first-order valence-corrected chi connectivity index (χ1v) is 9.83. The van der Waals surface area contributed by atoms with Crippen LogP contribution < -0.4 is 5.32 Å². The summed E-state index contributed by atoms with van der Waals surface area (Å²) in [5.41, 5.74) is 1.73. The van der Waals surface area contributed by atoms with E-state index >= 15 is 0 Å². The number of nitro groups is 1. The van der Waals surface area contributed by atoms with Crippen LogP contribution >= 0.6 is 0 Å². The highest BCUT2D eigenvalue weighted by molar-refractivity contribution is 7.90. The standard InChI is InChI=1S/C18H14N4O5S/c1-28(26,27)17-10-9-16(20-21-17)13-3-2-4-14(11-13)19-18(23)12-5-7-15(8-6-12)22(24)25/h2-11H,1H3,(H,19,23). The van der Waals surface area contributed by atoms with Crippen LogP contribution in [0.3, 0.4) is 0 Å². The zero-order valence-electron chi connectivity index (χ0n) is 14.6. The molecule has 142 valence electrons. The minimum absolute atomic E-state index is 0.102. The Hall–Kier alpha value is -3.66. The number of benzene rings is 2. The third-order valence-corrected chi connectivity index (χ3v) is 4.75. The molecular formula is C18H14N4O5S. The number of anilines is 1. The number of carbonyl (C=O) groups is 1. The Morgan fingerprint density at radius 3 is 2.32 bits per heavy atom. The number of nitrogens with zero attached hydrogens (tertiary/aromatic N) is 3. The van der Waals surface area contributed by atoms with Gasteiger partial charge in [-0.05, 0) is 36.4 Å². The van der Waals surface area contributed by atoms with E-state index in [9.17, 15) is 23.3 Å². The maximum atomic E-state index is 12.3. The minimum Gasteiger partial charge on any atom is -0.322 e. The van der Waals surface area contributed by atoms with Gasteiger partial charge in [0.05, 0.1) is 10.6 Å². The molecule has 0 aliphatic heterocycles. The molecule has 10 heteroatoms. The van der Waals surface area contributed by atoms with Gasteiger partial charge in [-0.15, -0.1) is 10.2 Å². The van der Waals surface area contributed by atoms with Gasteiger partial charge in [0.15, 0.2) is 14.9 Å². The number of carbonyl (C=O) groups excluding carboxylic acids is 1. The van der Waals surface area contributed by atoms with E-state index in [0.717, 1.165) is 6.26 Å². The van der Waals surface area contributed by atoms with Gasteiger partial charge in [-0.1, -0.05) is 12.1 Å². The van der Waals surface area contributed by atoms with Crippen molar-refractivity contribution in [3.63, 3.8) is 0 Å². The van der Waals surface area contributed by atoms with E-state index in [2.05, 4.69) is 15.5 Å². The molecule has 1 heterocycles. The number of nitro benzene ring substituents is 1. The van der Waals surface area contributed by atoms with Crippen molar-refractivity contribution in [2.24, 2.45) is 0 Å². The molecular weight excluding hydrogens is 384 g/mol. The van der Waals surface area contributed by atoms with Crippen molar-refractivity contribution in [3.8, 4) is 11.3 Å². The number of aromatic nitrogens is 2. The predicted octanol–water partition coefficient (Wildman–Crippen LogP) is 2.71. The molecule has 0 aliphatic rings. The molecule has 9 nitrogen and oxygen atoms in total. The first-order valence-electron chi connectivity index (χ1n) is 7.94. The number of sulfone groups is 1. The highest BCUT2D eigenvalue weighted by Gasteiger charge is 2.12. The van der Waals surface area contributed by atoms with Gasteiger partial charge in [-0.25, -0.2) is 8.42 Å². The molecule has 2 aromatic carbocycles.